The first kappa shape index (κ1) is 18.2. The average molecular weight is 397 g/mol. The Balaban J connectivity index is 1.45. The summed E-state index contributed by atoms with van der Waals surface area (Å²) < 4.78 is 5.59. The number of amides is 2. The molecule has 1 aliphatic heterocycles. The van der Waals surface area contributed by atoms with Crippen molar-refractivity contribution in [2.75, 3.05) is 16.8 Å². The fourth-order valence-electron chi connectivity index (χ4n) is 3.15. The lowest BCUT2D eigenvalue weighted by atomic mass is 10.1. The van der Waals surface area contributed by atoms with Gasteiger partial charge in [-0.25, -0.2) is 0 Å². The van der Waals surface area contributed by atoms with E-state index >= 15 is 0 Å². The number of anilines is 2. The molecule has 1 aromatic heterocycles. The Bertz CT molecular complexity index is 1030. The summed E-state index contributed by atoms with van der Waals surface area (Å²) in [7, 11) is 0. The maximum atomic E-state index is 12.4. The summed E-state index contributed by atoms with van der Waals surface area (Å²) in [6.45, 7) is 2.33. The van der Waals surface area contributed by atoms with E-state index in [9.17, 15) is 9.59 Å². The molecule has 3 aromatic rings. The van der Waals surface area contributed by atoms with Crippen LogP contribution in [0.1, 0.15) is 34.2 Å². The summed E-state index contributed by atoms with van der Waals surface area (Å²) in [4.78, 5) is 26.3. The first-order valence-electron chi connectivity index (χ1n) is 8.77. The van der Waals surface area contributed by atoms with Gasteiger partial charge in [-0.1, -0.05) is 34.4 Å². The fourth-order valence-corrected chi connectivity index (χ4v) is 3.28. The minimum Gasteiger partial charge on any atom is -0.407 e. The van der Waals surface area contributed by atoms with Gasteiger partial charge in [-0.3, -0.25) is 14.9 Å². The number of aryl methyl sites for hydroxylation is 1. The maximum absolute atomic E-state index is 12.4. The quantitative estimate of drug-likeness (QED) is 0.724. The molecule has 28 heavy (non-hydrogen) atoms. The number of hydrogen-bond acceptors (Lipinski definition) is 5. The average Bonchev–Trinajstić information content (AvgIpc) is 3.29. The number of aromatic nitrogens is 2. The Morgan fingerprint density at radius 2 is 2.00 bits per heavy atom. The molecule has 2 amide bonds. The number of benzene rings is 2. The van der Waals surface area contributed by atoms with Gasteiger partial charge in [-0.15, -0.1) is 5.10 Å². The summed E-state index contributed by atoms with van der Waals surface area (Å²) >= 11 is 5.91. The van der Waals surface area contributed by atoms with Gasteiger partial charge in [0, 0.05) is 29.2 Å². The second-order valence-corrected chi connectivity index (χ2v) is 7.09. The highest BCUT2D eigenvalue weighted by Crippen LogP contribution is 2.32. The van der Waals surface area contributed by atoms with Crippen LogP contribution >= 0.6 is 11.6 Å². The number of rotatable bonds is 4. The molecule has 2 heterocycles. The maximum Gasteiger partial charge on any atom is 0.322 e. The van der Waals surface area contributed by atoms with Crippen LogP contribution in [0.25, 0.3) is 0 Å². The molecule has 4 rings (SSSR count). The second kappa shape index (κ2) is 7.44. The van der Waals surface area contributed by atoms with Gasteiger partial charge in [0.25, 0.3) is 5.91 Å². The molecule has 142 valence electrons. The summed E-state index contributed by atoms with van der Waals surface area (Å²) in [5, 5.41) is 11.1. The number of hydrogen-bond donors (Lipinski definition) is 1. The lowest BCUT2D eigenvalue weighted by Gasteiger charge is -2.16. The molecule has 0 bridgehead atoms. The Morgan fingerprint density at radius 1 is 1.21 bits per heavy atom. The Morgan fingerprint density at radius 3 is 2.75 bits per heavy atom. The van der Waals surface area contributed by atoms with Crippen molar-refractivity contribution in [2.24, 2.45) is 0 Å². The van der Waals surface area contributed by atoms with Gasteiger partial charge in [0.1, 0.15) is 0 Å². The van der Waals surface area contributed by atoms with Crippen molar-refractivity contribution < 1.29 is 14.0 Å². The zero-order chi connectivity index (χ0) is 19.7. The zero-order valence-electron chi connectivity index (χ0n) is 15.1. The van der Waals surface area contributed by atoms with Crippen LogP contribution in [-0.4, -0.2) is 28.6 Å². The smallest absolute Gasteiger partial charge is 0.322 e. The highest BCUT2D eigenvalue weighted by Gasteiger charge is 2.35. The van der Waals surface area contributed by atoms with Crippen LogP contribution in [0.2, 0.25) is 5.02 Å². The van der Waals surface area contributed by atoms with Gasteiger partial charge >= 0.3 is 6.01 Å². The van der Waals surface area contributed by atoms with Crippen LogP contribution in [-0.2, 0) is 4.79 Å². The molecule has 1 saturated heterocycles. The predicted octanol–water partition coefficient (Wildman–Crippen LogP) is 3.80. The van der Waals surface area contributed by atoms with Crippen LogP contribution in [0.4, 0.5) is 11.7 Å². The molecule has 1 N–H and O–H groups in total. The van der Waals surface area contributed by atoms with Gasteiger partial charge in [0.05, 0.1) is 5.92 Å². The highest BCUT2D eigenvalue weighted by molar-refractivity contribution is 6.30. The second-order valence-electron chi connectivity index (χ2n) is 6.65. The van der Waals surface area contributed by atoms with Crippen LogP contribution < -0.4 is 10.2 Å². The molecule has 0 spiro atoms. The van der Waals surface area contributed by atoms with Gasteiger partial charge in [0.15, 0.2) is 0 Å². The van der Waals surface area contributed by atoms with Gasteiger partial charge in [0.2, 0.25) is 11.8 Å². The monoisotopic (exact) mass is 396 g/mol. The summed E-state index contributed by atoms with van der Waals surface area (Å²) in [5.74, 6) is -0.273. The van der Waals surface area contributed by atoms with E-state index in [0.717, 1.165) is 11.3 Å². The van der Waals surface area contributed by atoms with E-state index in [0.29, 0.717) is 23.0 Å². The van der Waals surface area contributed by atoms with Crippen molar-refractivity contribution in [3.05, 3.63) is 70.6 Å². The molecule has 7 nitrogen and oxygen atoms in total. The third kappa shape index (κ3) is 3.75. The number of carbonyl (C=O) groups excluding carboxylic acids is 2. The fraction of sp³-hybridized carbons (Fsp3) is 0.200. The van der Waals surface area contributed by atoms with E-state index in [1.165, 1.54) is 0 Å². The standard InChI is InChI=1S/C20H17ClN4O3/c1-12-3-2-4-13(9-12)18(27)22-20-24-23-19(28-20)14-10-17(26)25(11-14)16-7-5-15(21)6-8-16/h2-9,14H,10-11H2,1H3,(H,22,24,27). The number of nitrogens with one attached hydrogen (secondary N) is 1. The van der Waals surface area contributed by atoms with Crippen molar-refractivity contribution >= 4 is 35.1 Å². The Kier molecular flexibility index (Phi) is 4.83. The van der Waals surface area contributed by atoms with E-state index in [-0.39, 0.29) is 30.2 Å². The Hall–Kier alpha value is -3.19. The lowest BCUT2D eigenvalue weighted by molar-refractivity contribution is -0.117. The third-order valence-corrected chi connectivity index (χ3v) is 4.81. The summed E-state index contributed by atoms with van der Waals surface area (Å²) in [6.07, 6.45) is 0.260. The molecule has 0 saturated carbocycles. The summed E-state index contributed by atoms with van der Waals surface area (Å²) in [5.41, 5.74) is 2.25. The van der Waals surface area contributed by atoms with Crippen LogP contribution in [0.15, 0.2) is 52.9 Å². The van der Waals surface area contributed by atoms with Crippen molar-refractivity contribution in [3.63, 3.8) is 0 Å². The van der Waals surface area contributed by atoms with Gasteiger partial charge in [-0.2, -0.15) is 0 Å². The molecule has 0 aliphatic carbocycles. The Labute approximate surface area is 166 Å². The van der Waals surface area contributed by atoms with Crippen molar-refractivity contribution in [1.82, 2.24) is 10.2 Å². The van der Waals surface area contributed by atoms with E-state index in [2.05, 4.69) is 15.5 Å². The van der Waals surface area contributed by atoms with Gasteiger partial charge in [-0.05, 0) is 43.3 Å². The zero-order valence-corrected chi connectivity index (χ0v) is 15.8. The molecule has 1 fully saturated rings. The first-order chi connectivity index (χ1) is 13.5. The first-order valence-corrected chi connectivity index (χ1v) is 9.15. The van der Waals surface area contributed by atoms with Crippen LogP contribution in [0.3, 0.4) is 0 Å². The number of halogens is 1. The molecule has 1 aliphatic rings. The number of carbonyl (C=O) groups is 2. The summed E-state index contributed by atoms with van der Waals surface area (Å²) in [6, 6.07) is 14.3. The molecule has 2 aromatic carbocycles. The molecular formula is C20H17ClN4O3. The van der Waals surface area contributed by atoms with E-state index in [4.69, 9.17) is 16.0 Å². The number of nitrogens with zero attached hydrogens (tertiary/aromatic N) is 3. The van der Waals surface area contributed by atoms with Crippen molar-refractivity contribution in [2.45, 2.75) is 19.3 Å². The molecule has 1 unspecified atom stereocenters. The lowest BCUT2D eigenvalue weighted by Crippen LogP contribution is -2.24. The van der Waals surface area contributed by atoms with Crippen LogP contribution in [0, 0.1) is 6.92 Å². The van der Waals surface area contributed by atoms with Crippen LogP contribution in [0.5, 0.6) is 0 Å². The van der Waals surface area contributed by atoms with Crippen molar-refractivity contribution in [3.8, 4) is 0 Å². The third-order valence-electron chi connectivity index (χ3n) is 4.55. The topological polar surface area (TPSA) is 88.3 Å². The minimum atomic E-state index is -0.329. The SMILES string of the molecule is Cc1cccc(C(=O)Nc2nnc(C3CC(=O)N(c4ccc(Cl)cc4)C3)o2)c1. The molecular weight excluding hydrogens is 380 g/mol. The largest absolute Gasteiger partial charge is 0.407 e. The predicted molar refractivity (Wildman–Crippen MR) is 105 cm³/mol. The van der Waals surface area contributed by atoms with E-state index in [1.54, 1.807) is 47.4 Å². The molecule has 8 heteroatoms. The normalized spacial score (nSPS) is 16.4. The van der Waals surface area contributed by atoms with E-state index < -0.39 is 0 Å². The van der Waals surface area contributed by atoms with Gasteiger partial charge < -0.3 is 9.32 Å². The van der Waals surface area contributed by atoms with E-state index in [1.807, 2.05) is 13.0 Å². The molecule has 0 radical (unpaired) electrons. The molecule has 1 atom stereocenters. The van der Waals surface area contributed by atoms with Crippen molar-refractivity contribution in [1.29, 1.82) is 0 Å². The minimum absolute atomic E-state index is 0.0129. The highest BCUT2D eigenvalue weighted by atomic mass is 35.5.